The summed E-state index contributed by atoms with van der Waals surface area (Å²) in [6.07, 6.45) is 2.65. The first-order valence-corrected chi connectivity index (χ1v) is 19.2. The molecule has 2 nitrogen and oxygen atoms in total. The molecule has 8 aromatic rings. The molecule has 0 aromatic heterocycles. The zero-order valence-corrected chi connectivity index (χ0v) is 31.3. The van der Waals surface area contributed by atoms with Crippen LogP contribution in [0.25, 0.3) is 61.0 Å². The fourth-order valence-electron chi connectivity index (χ4n) is 8.47. The van der Waals surface area contributed by atoms with Crippen LogP contribution in [0.3, 0.4) is 0 Å². The Morgan fingerprint density at radius 3 is 1.85 bits per heavy atom. The second kappa shape index (κ2) is 14.4. The maximum Gasteiger partial charge on any atom is 0.101 e. The first kappa shape index (κ1) is 34.3. The van der Waals surface area contributed by atoms with Crippen molar-refractivity contribution in [3.63, 3.8) is 0 Å². The highest BCUT2D eigenvalue weighted by Crippen LogP contribution is 2.53. The van der Waals surface area contributed by atoms with Gasteiger partial charge in [-0.2, -0.15) is 0 Å². The lowest BCUT2D eigenvalue weighted by Gasteiger charge is -2.23. The Balaban J connectivity index is 1.18. The van der Waals surface area contributed by atoms with Gasteiger partial charge in [0.1, 0.15) is 6.17 Å². The quantitative estimate of drug-likeness (QED) is 0.147. The van der Waals surface area contributed by atoms with Crippen LogP contribution < -0.4 is 11.1 Å². The van der Waals surface area contributed by atoms with Gasteiger partial charge in [0.05, 0.1) is 0 Å². The molecule has 0 bridgehead atoms. The minimum Gasteiger partial charge on any atom is -0.366 e. The van der Waals surface area contributed by atoms with Gasteiger partial charge < -0.3 is 11.1 Å². The molecule has 1 aliphatic rings. The number of nitrogens with one attached hydrogen (secondary N) is 1. The molecule has 1 unspecified atom stereocenters. The van der Waals surface area contributed by atoms with Crippen LogP contribution in [0.2, 0.25) is 0 Å². The number of fused-ring (bicyclic) bond motifs is 4. The van der Waals surface area contributed by atoms with Crippen LogP contribution in [0.1, 0.15) is 47.8 Å². The zero-order chi connectivity index (χ0) is 37.4. The molecule has 0 heterocycles. The smallest absolute Gasteiger partial charge is 0.101 e. The number of nitrogens with two attached hydrogens (primary N) is 1. The lowest BCUT2D eigenvalue weighted by Crippen LogP contribution is -2.27. The van der Waals surface area contributed by atoms with Crippen molar-refractivity contribution < 1.29 is 0 Å². The summed E-state index contributed by atoms with van der Waals surface area (Å²) in [5.41, 5.74) is 23.9. The van der Waals surface area contributed by atoms with Crippen LogP contribution in [0.5, 0.6) is 0 Å². The number of hydrogen-bond donors (Lipinski definition) is 2. The number of benzene rings is 8. The van der Waals surface area contributed by atoms with Gasteiger partial charge in [0.2, 0.25) is 0 Å². The van der Waals surface area contributed by atoms with Crippen LogP contribution in [0.4, 0.5) is 0 Å². The van der Waals surface area contributed by atoms with E-state index in [1.165, 1.54) is 72.0 Å². The molecule has 3 N–H and O–H groups in total. The Bertz CT molecular complexity index is 2670. The van der Waals surface area contributed by atoms with E-state index in [1.807, 2.05) is 18.2 Å². The van der Waals surface area contributed by atoms with Crippen LogP contribution in [-0.2, 0) is 11.8 Å². The second-order valence-corrected chi connectivity index (χ2v) is 15.1. The molecule has 0 spiro atoms. The first-order chi connectivity index (χ1) is 27.0. The van der Waals surface area contributed by atoms with Gasteiger partial charge in [-0.25, -0.2) is 0 Å². The van der Waals surface area contributed by atoms with E-state index in [4.69, 9.17) is 5.73 Å². The first-order valence-electron chi connectivity index (χ1n) is 19.2. The summed E-state index contributed by atoms with van der Waals surface area (Å²) >= 11 is 0. The van der Waals surface area contributed by atoms with Crippen molar-refractivity contribution in [2.24, 2.45) is 5.73 Å². The van der Waals surface area contributed by atoms with Gasteiger partial charge in [-0.1, -0.05) is 196 Å². The molecule has 0 fully saturated rings. The molecule has 55 heavy (non-hydrogen) atoms. The van der Waals surface area contributed by atoms with E-state index in [0.29, 0.717) is 0 Å². The zero-order valence-electron chi connectivity index (χ0n) is 31.3. The molecule has 0 aliphatic heterocycles. The molecule has 0 radical (unpaired) electrons. The topological polar surface area (TPSA) is 38.0 Å². The average molecular weight is 709 g/mol. The van der Waals surface area contributed by atoms with Gasteiger partial charge in [-0.3, -0.25) is 0 Å². The summed E-state index contributed by atoms with van der Waals surface area (Å²) in [6.45, 7) is 4.72. The van der Waals surface area contributed by atoms with Gasteiger partial charge in [-0.05, 0) is 96.1 Å². The molecule has 1 atom stereocenters. The Hall–Kier alpha value is -6.48. The van der Waals surface area contributed by atoms with Gasteiger partial charge in [0, 0.05) is 16.7 Å². The third-order valence-electron chi connectivity index (χ3n) is 11.3. The van der Waals surface area contributed by atoms with Crippen molar-refractivity contribution in [3.8, 4) is 44.5 Å². The highest BCUT2D eigenvalue weighted by atomic mass is 15.0. The molecule has 2 heteroatoms. The summed E-state index contributed by atoms with van der Waals surface area (Å²) in [6, 6.07) is 67.7. The summed E-state index contributed by atoms with van der Waals surface area (Å²) in [7, 11) is 0. The van der Waals surface area contributed by atoms with Crippen LogP contribution in [-0.4, -0.2) is 0 Å². The van der Waals surface area contributed by atoms with Gasteiger partial charge in [0.25, 0.3) is 0 Å². The third kappa shape index (κ3) is 6.45. The van der Waals surface area contributed by atoms with Crippen molar-refractivity contribution >= 4 is 16.5 Å². The van der Waals surface area contributed by atoms with Crippen LogP contribution in [0.15, 0.2) is 194 Å². The highest BCUT2D eigenvalue weighted by molar-refractivity contribution is 6.00. The number of allylic oxidation sites excluding steroid dienone is 1. The van der Waals surface area contributed by atoms with Crippen molar-refractivity contribution in [1.82, 2.24) is 5.32 Å². The largest absolute Gasteiger partial charge is 0.366 e. The molecule has 266 valence electrons. The molecular formula is C53H44N2. The number of hydrogen-bond acceptors (Lipinski definition) is 2. The molecule has 0 amide bonds. The maximum atomic E-state index is 6.97. The molecular weight excluding hydrogens is 665 g/mol. The lowest BCUT2D eigenvalue weighted by molar-refractivity contribution is 0.661. The summed E-state index contributed by atoms with van der Waals surface area (Å²) in [5, 5.41) is 6.32. The molecule has 0 saturated carbocycles. The predicted molar refractivity (Wildman–Crippen MR) is 232 cm³/mol. The third-order valence-corrected chi connectivity index (χ3v) is 11.3. The minimum absolute atomic E-state index is 0.130. The van der Waals surface area contributed by atoms with Crippen molar-refractivity contribution in [1.29, 1.82) is 0 Å². The van der Waals surface area contributed by atoms with Crippen LogP contribution in [0, 0.1) is 0 Å². The minimum atomic E-state index is -0.395. The van der Waals surface area contributed by atoms with E-state index in [0.717, 1.165) is 23.2 Å². The van der Waals surface area contributed by atoms with E-state index < -0.39 is 6.17 Å². The summed E-state index contributed by atoms with van der Waals surface area (Å²) < 4.78 is 0. The Morgan fingerprint density at radius 2 is 1.13 bits per heavy atom. The van der Waals surface area contributed by atoms with Gasteiger partial charge in [0.15, 0.2) is 0 Å². The van der Waals surface area contributed by atoms with E-state index >= 15 is 0 Å². The highest BCUT2D eigenvalue weighted by Gasteiger charge is 2.37. The van der Waals surface area contributed by atoms with Crippen molar-refractivity contribution in [3.05, 3.63) is 222 Å². The molecule has 1 aliphatic carbocycles. The van der Waals surface area contributed by atoms with E-state index in [-0.39, 0.29) is 5.41 Å². The second-order valence-electron chi connectivity index (χ2n) is 15.1. The monoisotopic (exact) mass is 708 g/mol. The van der Waals surface area contributed by atoms with E-state index in [1.54, 1.807) is 0 Å². The van der Waals surface area contributed by atoms with Crippen LogP contribution >= 0.6 is 0 Å². The SMILES string of the molecule is CC1(C)c2cc3ccccc3cc2-c2c(-c3ccccc3/C(=C/Cc3ccc(-c4ccccc4)c(-c4ccccc4)c3)NC(N)c3ccccc3)cccc21. The fraction of sp³-hybridized carbons (Fsp3) is 0.0943. The Labute approximate surface area is 324 Å². The molecule has 9 rings (SSSR count). The summed E-state index contributed by atoms with van der Waals surface area (Å²) in [4.78, 5) is 0. The van der Waals surface area contributed by atoms with E-state index in [9.17, 15) is 0 Å². The number of rotatable bonds is 9. The standard InChI is InChI=1S/C53H44N2/c1-53(2)48-28-16-27-45(51(48)47-34-40-23-12-13-24-41(40)35-49(47)53)43-25-14-15-26-44(43)50(55-52(54)39-21-10-5-11-22-39)32-30-36-29-31-42(37-17-6-3-7-18-37)46(33-36)38-19-8-4-9-20-38/h3-29,31-35,52,55H,30,54H2,1-2H3/b50-32-. The molecule has 0 saturated heterocycles. The summed E-state index contributed by atoms with van der Waals surface area (Å²) in [5.74, 6) is 0. The lowest BCUT2D eigenvalue weighted by atomic mass is 9.81. The normalized spacial score (nSPS) is 13.6. The predicted octanol–water partition coefficient (Wildman–Crippen LogP) is 13.0. The van der Waals surface area contributed by atoms with Crippen molar-refractivity contribution in [2.75, 3.05) is 0 Å². The van der Waals surface area contributed by atoms with Gasteiger partial charge >= 0.3 is 0 Å². The maximum absolute atomic E-state index is 6.97. The van der Waals surface area contributed by atoms with E-state index in [2.05, 4.69) is 195 Å². The average Bonchev–Trinajstić information content (AvgIpc) is 3.47. The Kier molecular flexibility index (Phi) is 8.98. The van der Waals surface area contributed by atoms with Crippen molar-refractivity contribution in [2.45, 2.75) is 31.8 Å². The Morgan fingerprint density at radius 1 is 0.527 bits per heavy atom. The fourth-order valence-corrected chi connectivity index (χ4v) is 8.47. The van der Waals surface area contributed by atoms with Gasteiger partial charge in [-0.15, -0.1) is 0 Å². The molecule has 8 aromatic carbocycles.